The summed E-state index contributed by atoms with van der Waals surface area (Å²) < 4.78 is 0. The Morgan fingerprint density at radius 1 is 1.00 bits per heavy atom. The van der Waals surface area contributed by atoms with Crippen LogP contribution in [0.15, 0.2) is 77.9 Å². The van der Waals surface area contributed by atoms with E-state index in [9.17, 15) is 4.79 Å². The topological polar surface area (TPSA) is 85.9 Å². The number of fused-ring (bicyclic) bond motifs is 2. The summed E-state index contributed by atoms with van der Waals surface area (Å²) in [6.45, 7) is 1.98. The molecule has 1 amide bonds. The average Bonchev–Trinajstić information content (AvgIpc) is 3.38. The number of H-pyrrole nitrogens is 2. The quantitative estimate of drug-likeness (QED) is 0.303. The predicted molar refractivity (Wildman–Crippen MR) is 120 cm³/mol. The van der Waals surface area contributed by atoms with Gasteiger partial charge in [-0.15, -0.1) is 0 Å². The number of nitrogens with zero attached hydrogens (tertiary/aromatic N) is 2. The number of amides is 1. The van der Waals surface area contributed by atoms with Gasteiger partial charge in [0.05, 0.1) is 11.9 Å². The zero-order valence-electron chi connectivity index (χ0n) is 16.3. The van der Waals surface area contributed by atoms with Gasteiger partial charge in [0.1, 0.15) is 5.69 Å². The number of benzene rings is 3. The van der Waals surface area contributed by atoms with Crippen LogP contribution in [0.2, 0.25) is 0 Å². The molecule has 0 radical (unpaired) electrons. The van der Waals surface area contributed by atoms with Gasteiger partial charge in [-0.1, -0.05) is 60.7 Å². The molecule has 6 heteroatoms. The third kappa shape index (κ3) is 3.14. The van der Waals surface area contributed by atoms with Gasteiger partial charge in [0, 0.05) is 27.7 Å². The number of nitrogens with one attached hydrogen (secondary N) is 3. The summed E-state index contributed by atoms with van der Waals surface area (Å²) in [6.07, 6.45) is 1.66. The molecule has 6 nitrogen and oxygen atoms in total. The Morgan fingerprint density at radius 3 is 2.67 bits per heavy atom. The summed E-state index contributed by atoms with van der Waals surface area (Å²) in [4.78, 5) is 15.8. The van der Waals surface area contributed by atoms with Crippen molar-refractivity contribution in [3.05, 3.63) is 89.7 Å². The van der Waals surface area contributed by atoms with Gasteiger partial charge in [-0.05, 0) is 29.8 Å². The summed E-state index contributed by atoms with van der Waals surface area (Å²) >= 11 is 0. The summed E-state index contributed by atoms with van der Waals surface area (Å²) in [6, 6.07) is 23.9. The average molecular weight is 393 g/mol. The van der Waals surface area contributed by atoms with Crippen LogP contribution in [0.25, 0.3) is 32.9 Å². The van der Waals surface area contributed by atoms with E-state index in [4.69, 9.17) is 0 Å². The number of aromatic nitrogens is 3. The Bertz CT molecular complexity index is 1400. The molecule has 2 heterocycles. The molecule has 0 aliphatic heterocycles. The SMILES string of the molecule is Cc1[nH]c2ccccc2c1/C=N/NC(=O)c1cc(-c2cccc3ccccc23)n[nH]1. The second-order valence-electron chi connectivity index (χ2n) is 7.10. The Kier molecular flexibility index (Phi) is 4.37. The van der Waals surface area contributed by atoms with Crippen molar-refractivity contribution in [2.24, 2.45) is 5.10 Å². The summed E-state index contributed by atoms with van der Waals surface area (Å²) in [5.41, 5.74) is 7.60. The Labute approximate surface area is 172 Å². The van der Waals surface area contributed by atoms with E-state index in [0.717, 1.165) is 38.5 Å². The number of hydrazone groups is 1. The van der Waals surface area contributed by atoms with Crippen LogP contribution >= 0.6 is 0 Å². The molecule has 0 saturated carbocycles. The maximum atomic E-state index is 12.5. The fraction of sp³-hybridized carbons (Fsp3) is 0.0417. The Hall–Kier alpha value is -4.19. The number of para-hydroxylation sites is 1. The molecular formula is C24H19N5O. The number of aromatic amines is 2. The van der Waals surface area contributed by atoms with Crippen LogP contribution in [0.4, 0.5) is 0 Å². The van der Waals surface area contributed by atoms with Crippen molar-refractivity contribution >= 4 is 33.8 Å². The largest absolute Gasteiger partial charge is 0.358 e. The first-order valence-electron chi connectivity index (χ1n) is 9.65. The molecule has 0 spiro atoms. The highest BCUT2D eigenvalue weighted by Crippen LogP contribution is 2.27. The summed E-state index contributed by atoms with van der Waals surface area (Å²) in [5.74, 6) is -0.345. The number of hydrogen-bond donors (Lipinski definition) is 3. The van der Waals surface area contributed by atoms with E-state index in [1.807, 2.05) is 61.5 Å². The normalized spacial score (nSPS) is 11.5. The molecule has 0 aliphatic carbocycles. The van der Waals surface area contributed by atoms with E-state index in [2.05, 4.69) is 37.8 Å². The maximum Gasteiger partial charge on any atom is 0.289 e. The van der Waals surface area contributed by atoms with Crippen LogP contribution in [0.3, 0.4) is 0 Å². The van der Waals surface area contributed by atoms with Crippen LogP contribution in [0.5, 0.6) is 0 Å². The molecule has 0 saturated heterocycles. The molecule has 5 aromatic rings. The van der Waals surface area contributed by atoms with Crippen molar-refractivity contribution in [2.45, 2.75) is 6.92 Å². The van der Waals surface area contributed by atoms with Crippen molar-refractivity contribution in [1.82, 2.24) is 20.6 Å². The van der Waals surface area contributed by atoms with Crippen molar-refractivity contribution in [3.63, 3.8) is 0 Å². The molecule has 3 N–H and O–H groups in total. The van der Waals surface area contributed by atoms with Crippen LogP contribution < -0.4 is 5.43 Å². The van der Waals surface area contributed by atoms with E-state index in [-0.39, 0.29) is 5.91 Å². The highest BCUT2D eigenvalue weighted by Gasteiger charge is 2.12. The van der Waals surface area contributed by atoms with Gasteiger partial charge >= 0.3 is 0 Å². The van der Waals surface area contributed by atoms with E-state index < -0.39 is 0 Å². The Balaban J connectivity index is 1.37. The number of aryl methyl sites for hydroxylation is 1. The predicted octanol–water partition coefficient (Wildman–Crippen LogP) is 4.78. The standard InChI is InChI=1S/C24H19N5O/c1-15-20(19-10-4-5-12-21(19)26-15)14-25-29-24(30)23-13-22(27-28-23)18-11-6-8-16-7-2-3-9-17(16)18/h2-14,26H,1H3,(H,27,28)(H,29,30)/b25-14+. The molecule has 2 aromatic heterocycles. The number of hydrogen-bond acceptors (Lipinski definition) is 3. The summed E-state index contributed by atoms with van der Waals surface area (Å²) in [5, 5.41) is 14.6. The molecule has 0 unspecified atom stereocenters. The molecule has 0 aliphatic rings. The van der Waals surface area contributed by atoms with E-state index in [0.29, 0.717) is 11.4 Å². The first kappa shape index (κ1) is 17.9. The van der Waals surface area contributed by atoms with Crippen LogP contribution in [-0.4, -0.2) is 27.3 Å². The van der Waals surface area contributed by atoms with Crippen LogP contribution in [-0.2, 0) is 0 Å². The lowest BCUT2D eigenvalue weighted by Crippen LogP contribution is -2.18. The van der Waals surface area contributed by atoms with Crippen molar-refractivity contribution in [2.75, 3.05) is 0 Å². The number of rotatable bonds is 4. The molecule has 0 fully saturated rings. The second-order valence-corrected chi connectivity index (χ2v) is 7.10. The zero-order valence-corrected chi connectivity index (χ0v) is 16.3. The maximum absolute atomic E-state index is 12.5. The van der Waals surface area contributed by atoms with E-state index >= 15 is 0 Å². The summed E-state index contributed by atoms with van der Waals surface area (Å²) in [7, 11) is 0. The molecule has 146 valence electrons. The molecular weight excluding hydrogens is 374 g/mol. The van der Waals surface area contributed by atoms with Gasteiger partial charge in [0.2, 0.25) is 0 Å². The first-order chi connectivity index (χ1) is 14.7. The molecule has 0 bridgehead atoms. The third-order valence-electron chi connectivity index (χ3n) is 5.19. The lowest BCUT2D eigenvalue weighted by Gasteiger charge is -2.02. The smallest absolute Gasteiger partial charge is 0.289 e. The molecule has 30 heavy (non-hydrogen) atoms. The zero-order chi connectivity index (χ0) is 20.5. The minimum Gasteiger partial charge on any atom is -0.358 e. The monoisotopic (exact) mass is 393 g/mol. The molecule has 0 atom stereocenters. The van der Waals surface area contributed by atoms with E-state index in [1.165, 1.54) is 0 Å². The van der Waals surface area contributed by atoms with Gasteiger partial charge in [0.25, 0.3) is 5.91 Å². The van der Waals surface area contributed by atoms with Gasteiger partial charge in [-0.25, -0.2) is 5.43 Å². The fourth-order valence-corrected chi connectivity index (χ4v) is 3.71. The Morgan fingerprint density at radius 2 is 1.77 bits per heavy atom. The highest BCUT2D eigenvalue weighted by atomic mass is 16.2. The lowest BCUT2D eigenvalue weighted by atomic mass is 10.0. The van der Waals surface area contributed by atoms with Crippen LogP contribution in [0.1, 0.15) is 21.7 Å². The first-order valence-corrected chi connectivity index (χ1v) is 9.65. The lowest BCUT2D eigenvalue weighted by molar-refractivity contribution is 0.0950. The minimum absolute atomic E-state index is 0.345. The van der Waals surface area contributed by atoms with Crippen molar-refractivity contribution < 1.29 is 4.79 Å². The number of carbonyl (C=O) groups is 1. The van der Waals surface area contributed by atoms with Gasteiger partial charge < -0.3 is 4.98 Å². The van der Waals surface area contributed by atoms with Crippen molar-refractivity contribution in [3.8, 4) is 11.3 Å². The minimum atomic E-state index is -0.345. The van der Waals surface area contributed by atoms with Gasteiger partial charge in [0.15, 0.2) is 0 Å². The third-order valence-corrected chi connectivity index (χ3v) is 5.19. The van der Waals surface area contributed by atoms with Crippen LogP contribution in [0, 0.1) is 6.92 Å². The molecule has 5 rings (SSSR count). The van der Waals surface area contributed by atoms with Crippen molar-refractivity contribution in [1.29, 1.82) is 0 Å². The molecule has 3 aromatic carbocycles. The van der Waals surface area contributed by atoms with E-state index in [1.54, 1.807) is 12.3 Å². The fourth-order valence-electron chi connectivity index (χ4n) is 3.71. The highest BCUT2D eigenvalue weighted by molar-refractivity contribution is 6.02. The van der Waals surface area contributed by atoms with Gasteiger partial charge in [-0.3, -0.25) is 9.89 Å². The second kappa shape index (κ2) is 7.33. The van der Waals surface area contributed by atoms with Gasteiger partial charge in [-0.2, -0.15) is 10.2 Å². The number of carbonyl (C=O) groups excluding carboxylic acids is 1.